The third kappa shape index (κ3) is 3.52. The van der Waals surface area contributed by atoms with E-state index < -0.39 is 11.7 Å². The molecule has 0 radical (unpaired) electrons. The fraction of sp³-hybridized carbons (Fsp3) is 0.920. The number of carbonyl (C=O) groups is 2. The fourth-order valence-corrected chi connectivity index (χ4v) is 8.66. The second-order valence-electron chi connectivity index (χ2n) is 11.3. The lowest BCUT2D eigenvalue weighted by Crippen LogP contribution is -2.64. The van der Waals surface area contributed by atoms with E-state index in [0.29, 0.717) is 12.5 Å². The summed E-state index contributed by atoms with van der Waals surface area (Å²) in [5.74, 6) is 0.408. The van der Waals surface area contributed by atoms with Crippen LogP contribution < -0.4 is 0 Å². The summed E-state index contributed by atoms with van der Waals surface area (Å²) in [5, 5.41) is 22.6. The smallest absolute Gasteiger partial charge is 0.302 e. The summed E-state index contributed by atoms with van der Waals surface area (Å²) in [6.45, 7) is 7.38. The summed E-state index contributed by atoms with van der Waals surface area (Å²) in [6, 6.07) is 0. The van der Waals surface area contributed by atoms with Crippen molar-refractivity contribution in [3.63, 3.8) is 0 Å². The third-order valence-electron chi connectivity index (χ3n) is 10.0. The van der Waals surface area contributed by atoms with Crippen molar-refractivity contribution in [3.05, 3.63) is 0 Å². The van der Waals surface area contributed by atoms with Crippen molar-refractivity contribution >= 4 is 11.9 Å². The van der Waals surface area contributed by atoms with Crippen molar-refractivity contribution in [2.45, 2.75) is 103 Å². The van der Waals surface area contributed by atoms with E-state index in [4.69, 9.17) is 9.47 Å². The normalized spacial score (nSPS) is 47.5. The van der Waals surface area contributed by atoms with E-state index in [9.17, 15) is 19.8 Å². The number of ether oxygens (including phenoxy) is 2. The van der Waals surface area contributed by atoms with Crippen LogP contribution in [0.25, 0.3) is 0 Å². The van der Waals surface area contributed by atoms with Gasteiger partial charge in [0.2, 0.25) is 0 Å². The summed E-state index contributed by atoms with van der Waals surface area (Å²) in [5.41, 5.74) is -1.21. The molecule has 6 nitrogen and oxygen atoms in total. The summed E-state index contributed by atoms with van der Waals surface area (Å²) >= 11 is 0. The third-order valence-corrected chi connectivity index (χ3v) is 10.0. The van der Waals surface area contributed by atoms with E-state index >= 15 is 0 Å². The van der Waals surface area contributed by atoms with E-state index in [0.717, 1.165) is 57.8 Å². The van der Waals surface area contributed by atoms with Gasteiger partial charge in [0.05, 0.1) is 18.3 Å². The van der Waals surface area contributed by atoms with Gasteiger partial charge in [0, 0.05) is 24.7 Å². The van der Waals surface area contributed by atoms with Gasteiger partial charge in [0.1, 0.15) is 6.10 Å². The van der Waals surface area contributed by atoms with Crippen LogP contribution >= 0.6 is 0 Å². The Morgan fingerprint density at radius 2 is 1.74 bits per heavy atom. The molecular formula is C25H40O6. The van der Waals surface area contributed by atoms with Crippen molar-refractivity contribution in [1.29, 1.82) is 0 Å². The van der Waals surface area contributed by atoms with Crippen LogP contribution in [-0.2, 0) is 19.1 Å². The highest BCUT2D eigenvalue weighted by Gasteiger charge is 2.68. The Kier molecular flexibility index (Phi) is 5.96. The Labute approximate surface area is 186 Å². The summed E-state index contributed by atoms with van der Waals surface area (Å²) in [6.07, 6.45) is 7.37. The first-order valence-corrected chi connectivity index (χ1v) is 12.2. The van der Waals surface area contributed by atoms with Gasteiger partial charge in [-0.3, -0.25) is 9.59 Å². The van der Waals surface area contributed by atoms with E-state index in [-0.39, 0.29) is 46.6 Å². The van der Waals surface area contributed by atoms with Gasteiger partial charge < -0.3 is 19.7 Å². The molecule has 0 aliphatic heterocycles. The molecule has 4 aliphatic carbocycles. The van der Waals surface area contributed by atoms with Crippen LogP contribution in [0.1, 0.15) is 85.5 Å². The number of aliphatic hydroxyl groups excluding tert-OH is 1. The van der Waals surface area contributed by atoms with Gasteiger partial charge in [-0.2, -0.15) is 0 Å². The minimum Gasteiger partial charge on any atom is -0.465 e. The molecule has 0 aromatic rings. The number of rotatable bonds is 4. The molecule has 0 bridgehead atoms. The Hall–Kier alpha value is -1.14. The molecule has 4 rings (SSSR count). The first kappa shape index (κ1) is 23.0. The van der Waals surface area contributed by atoms with E-state index in [1.54, 1.807) is 0 Å². The quantitative estimate of drug-likeness (QED) is 0.654. The maximum absolute atomic E-state index is 12.1. The average Bonchev–Trinajstić information content (AvgIpc) is 2.97. The molecule has 0 aromatic heterocycles. The number of aliphatic hydroxyl groups is 2. The molecule has 31 heavy (non-hydrogen) atoms. The Morgan fingerprint density at radius 1 is 1.00 bits per heavy atom. The average molecular weight is 437 g/mol. The van der Waals surface area contributed by atoms with Crippen LogP contribution in [0.3, 0.4) is 0 Å². The standard InChI is InChI=1S/C25H40O6/c1-15(26)20-9-12-25(29)22-6-5-18-13-19(31-17(3)28)7-11-24(18,14-30-16(2)27)21(22)8-10-23(20,25)4/h15,18-22,26,29H,5-14H2,1-4H3/t15?,18?,19?,20-,21+,22-,23-,24-,25-/m1/s1. The lowest BCUT2D eigenvalue weighted by Gasteiger charge is -2.64. The second-order valence-corrected chi connectivity index (χ2v) is 11.3. The van der Waals surface area contributed by atoms with Crippen molar-refractivity contribution in [2.24, 2.45) is 34.5 Å². The maximum Gasteiger partial charge on any atom is 0.302 e. The largest absolute Gasteiger partial charge is 0.465 e. The van der Waals surface area contributed by atoms with Gasteiger partial charge in [-0.25, -0.2) is 0 Å². The van der Waals surface area contributed by atoms with Crippen LogP contribution in [0.15, 0.2) is 0 Å². The monoisotopic (exact) mass is 436 g/mol. The Bertz CT molecular complexity index is 721. The SMILES string of the molecule is CC(=O)OC[C@]12CCC(OC(C)=O)CC1CC[C@@H]1[C@@H]2CC[C@]2(C)[C@@H](C(C)O)CC[C@@]12O. The lowest BCUT2D eigenvalue weighted by molar-refractivity contribution is -0.229. The minimum atomic E-state index is -0.779. The minimum absolute atomic E-state index is 0.0625. The molecule has 4 saturated carbocycles. The molecule has 0 aromatic carbocycles. The number of esters is 2. The lowest BCUT2D eigenvalue weighted by atomic mass is 9.43. The fourth-order valence-electron chi connectivity index (χ4n) is 8.66. The zero-order valence-electron chi connectivity index (χ0n) is 19.6. The zero-order chi connectivity index (χ0) is 22.6. The van der Waals surface area contributed by atoms with Gasteiger partial charge in [0.25, 0.3) is 0 Å². The summed E-state index contributed by atoms with van der Waals surface area (Å²) < 4.78 is 11.2. The second kappa shape index (κ2) is 8.02. The van der Waals surface area contributed by atoms with Crippen LogP contribution in [0.2, 0.25) is 0 Å². The van der Waals surface area contributed by atoms with Gasteiger partial charge in [0.15, 0.2) is 0 Å². The topological polar surface area (TPSA) is 93.1 Å². The molecule has 3 unspecified atom stereocenters. The highest BCUT2D eigenvalue weighted by Crippen LogP contribution is 2.69. The van der Waals surface area contributed by atoms with Gasteiger partial charge in [-0.1, -0.05) is 6.92 Å². The van der Waals surface area contributed by atoms with Crippen molar-refractivity contribution in [2.75, 3.05) is 6.61 Å². The van der Waals surface area contributed by atoms with E-state index in [1.165, 1.54) is 13.8 Å². The Balaban J connectivity index is 1.65. The van der Waals surface area contributed by atoms with Crippen molar-refractivity contribution < 1.29 is 29.3 Å². The van der Waals surface area contributed by atoms with Crippen LogP contribution in [0.5, 0.6) is 0 Å². The van der Waals surface area contributed by atoms with Crippen LogP contribution in [0.4, 0.5) is 0 Å². The number of carbonyl (C=O) groups excluding carboxylic acids is 2. The van der Waals surface area contributed by atoms with Crippen molar-refractivity contribution in [1.82, 2.24) is 0 Å². The van der Waals surface area contributed by atoms with Crippen molar-refractivity contribution in [3.8, 4) is 0 Å². The van der Waals surface area contributed by atoms with Gasteiger partial charge in [-0.05, 0) is 88.4 Å². The van der Waals surface area contributed by atoms with Gasteiger partial charge in [-0.15, -0.1) is 0 Å². The highest BCUT2D eigenvalue weighted by molar-refractivity contribution is 5.66. The molecule has 6 heteroatoms. The number of fused-ring (bicyclic) bond motifs is 5. The van der Waals surface area contributed by atoms with Crippen LogP contribution in [0, 0.1) is 34.5 Å². The molecule has 176 valence electrons. The predicted molar refractivity (Wildman–Crippen MR) is 115 cm³/mol. The molecule has 9 atom stereocenters. The highest BCUT2D eigenvalue weighted by atomic mass is 16.5. The predicted octanol–water partition coefficient (Wildman–Crippen LogP) is 3.62. The first-order valence-electron chi connectivity index (χ1n) is 12.2. The zero-order valence-corrected chi connectivity index (χ0v) is 19.6. The molecule has 4 aliphatic rings. The molecule has 4 fully saturated rings. The Morgan fingerprint density at radius 3 is 2.39 bits per heavy atom. The van der Waals surface area contributed by atoms with Gasteiger partial charge >= 0.3 is 11.9 Å². The molecule has 0 amide bonds. The first-order chi connectivity index (χ1) is 14.5. The molecular weight excluding hydrogens is 396 g/mol. The molecule has 2 N–H and O–H groups in total. The van der Waals surface area contributed by atoms with E-state index in [2.05, 4.69) is 6.92 Å². The summed E-state index contributed by atoms with van der Waals surface area (Å²) in [7, 11) is 0. The maximum atomic E-state index is 12.1. The molecule has 0 saturated heterocycles. The summed E-state index contributed by atoms with van der Waals surface area (Å²) in [4.78, 5) is 23.3. The van der Waals surface area contributed by atoms with E-state index in [1.807, 2.05) is 6.92 Å². The molecule has 0 spiro atoms. The molecule has 0 heterocycles. The number of hydrogen-bond donors (Lipinski definition) is 2. The van der Waals surface area contributed by atoms with Crippen LogP contribution in [-0.4, -0.2) is 46.6 Å². The number of hydrogen-bond acceptors (Lipinski definition) is 6.